The Balaban J connectivity index is 1.66. The van der Waals surface area contributed by atoms with Gasteiger partial charge in [0.25, 0.3) is 0 Å². The standard InChI is InChI=1S/C27H31ClN6O4S/c1-5-25(35)30-22-15-21(18(4)14-23(22)34-10-12-38-13-11-34)32-27-29-16-19(28)26(33-27)31-20-8-6-7-9-24(20)39(36,37)17(2)3/h5-9,14-17H,1,10-13H2,2-4H3,(H,30,35)(H2,29,31,32,33). The zero-order valence-electron chi connectivity index (χ0n) is 22.0. The molecule has 10 nitrogen and oxygen atoms in total. The van der Waals surface area contributed by atoms with Crippen LogP contribution in [0.1, 0.15) is 19.4 Å². The number of anilines is 6. The molecule has 0 aliphatic carbocycles. The first-order chi connectivity index (χ1) is 18.6. The van der Waals surface area contributed by atoms with Crippen molar-refractivity contribution in [2.75, 3.05) is 47.2 Å². The van der Waals surface area contributed by atoms with E-state index in [1.165, 1.54) is 12.3 Å². The van der Waals surface area contributed by atoms with E-state index in [0.29, 0.717) is 43.4 Å². The molecule has 1 aromatic heterocycles. The van der Waals surface area contributed by atoms with Crippen molar-refractivity contribution in [1.29, 1.82) is 0 Å². The third-order valence-corrected chi connectivity index (χ3v) is 8.68. The maximum absolute atomic E-state index is 12.9. The number of hydrogen-bond acceptors (Lipinski definition) is 9. The van der Waals surface area contributed by atoms with Gasteiger partial charge in [0.15, 0.2) is 15.7 Å². The average Bonchev–Trinajstić information content (AvgIpc) is 2.92. The van der Waals surface area contributed by atoms with E-state index >= 15 is 0 Å². The SMILES string of the molecule is C=CC(=O)Nc1cc(Nc2ncc(Cl)c(Nc3ccccc3S(=O)(=O)C(C)C)n2)c(C)cc1N1CCOCC1. The molecule has 2 heterocycles. The third-order valence-electron chi connectivity index (χ3n) is 6.20. The summed E-state index contributed by atoms with van der Waals surface area (Å²) in [6.07, 6.45) is 2.64. The number of benzene rings is 2. The number of rotatable bonds is 9. The van der Waals surface area contributed by atoms with Crippen LogP contribution in [0.4, 0.5) is 34.5 Å². The molecule has 12 heteroatoms. The lowest BCUT2D eigenvalue weighted by Crippen LogP contribution is -2.36. The van der Waals surface area contributed by atoms with Crippen LogP contribution in [0.5, 0.6) is 0 Å². The Labute approximate surface area is 233 Å². The highest BCUT2D eigenvalue weighted by atomic mass is 35.5. The first kappa shape index (κ1) is 28.3. The maximum atomic E-state index is 12.9. The van der Waals surface area contributed by atoms with Crippen LogP contribution < -0.4 is 20.9 Å². The summed E-state index contributed by atoms with van der Waals surface area (Å²) in [6.45, 7) is 11.4. The van der Waals surface area contributed by atoms with E-state index in [0.717, 1.165) is 11.3 Å². The minimum absolute atomic E-state index is 0.154. The zero-order chi connectivity index (χ0) is 28.2. The molecule has 0 radical (unpaired) electrons. The molecule has 3 N–H and O–H groups in total. The summed E-state index contributed by atoms with van der Waals surface area (Å²) >= 11 is 6.38. The lowest BCUT2D eigenvalue weighted by atomic mass is 10.1. The molecule has 4 rings (SSSR count). The molecule has 1 aliphatic heterocycles. The second-order valence-electron chi connectivity index (χ2n) is 9.21. The molecule has 1 saturated heterocycles. The van der Waals surface area contributed by atoms with E-state index < -0.39 is 15.1 Å². The van der Waals surface area contributed by atoms with Gasteiger partial charge in [0.1, 0.15) is 5.02 Å². The van der Waals surface area contributed by atoms with Crippen LogP contribution >= 0.6 is 11.6 Å². The van der Waals surface area contributed by atoms with Gasteiger partial charge in [-0.2, -0.15) is 4.98 Å². The Morgan fingerprint density at radius 1 is 1.13 bits per heavy atom. The van der Waals surface area contributed by atoms with Gasteiger partial charge >= 0.3 is 0 Å². The summed E-state index contributed by atoms with van der Waals surface area (Å²) in [5.41, 5.74) is 3.41. The first-order valence-corrected chi connectivity index (χ1v) is 14.3. The van der Waals surface area contributed by atoms with Gasteiger partial charge in [-0.05, 0) is 56.7 Å². The van der Waals surface area contributed by atoms with Crippen molar-refractivity contribution in [3.05, 3.63) is 65.8 Å². The fourth-order valence-corrected chi connectivity index (χ4v) is 5.35. The zero-order valence-corrected chi connectivity index (χ0v) is 23.6. The summed E-state index contributed by atoms with van der Waals surface area (Å²) in [7, 11) is -3.55. The van der Waals surface area contributed by atoms with Crippen LogP contribution in [0.3, 0.4) is 0 Å². The van der Waals surface area contributed by atoms with Gasteiger partial charge in [-0.25, -0.2) is 13.4 Å². The fourth-order valence-electron chi connectivity index (χ4n) is 4.01. The molecule has 0 atom stereocenters. The van der Waals surface area contributed by atoms with Crippen molar-refractivity contribution < 1.29 is 17.9 Å². The highest BCUT2D eigenvalue weighted by molar-refractivity contribution is 7.92. The summed E-state index contributed by atoms with van der Waals surface area (Å²) in [4.78, 5) is 23.3. The van der Waals surface area contributed by atoms with E-state index in [1.54, 1.807) is 38.1 Å². The van der Waals surface area contributed by atoms with Gasteiger partial charge in [-0.3, -0.25) is 4.79 Å². The summed E-state index contributed by atoms with van der Waals surface area (Å²) in [5.74, 6) is 0.140. The number of ether oxygens (including phenoxy) is 1. The Morgan fingerprint density at radius 3 is 2.54 bits per heavy atom. The van der Waals surface area contributed by atoms with Gasteiger partial charge in [0, 0.05) is 18.8 Å². The molecule has 3 aromatic rings. The lowest BCUT2D eigenvalue weighted by Gasteiger charge is -2.31. The van der Waals surface area contributed by atoms with Crippen LogP contribution in [-0.4, -0.2) is 55.8 Å². The highest BCUT2D eigenvalue weighted by Gasteiger charge is 2.23. The number of amides is 1. The Hall–Kier alpha value is -3.67. The van der Waals surface area contributed by atoms with Crippen LogP contribution in [0.15, 0.2) is 60.1 Å². The monoisotopic (exact) mass is 570 g/mol. The minimum atomic E-state index is -3.55. The van der Waals surface area contributed by atoms with E-state index in [-0.39, 0.29) is 27.6 Å². The van der Waals surface area contributed by atoms with Crippen molar-refractivity contribution in [3.63, 3.8) is 0 Å². The normalized spacial score (nSPS) is 13.7. The number of halogens is 1. The number of nitrogens with zero attached hydrogens (tertiary/aromatic N) is 3. The molecule has 0 spiro atoms. The highest BCUT2D eigenvalue weighted by Crippen LogP contribution is 2.35. The lowest BCUT2D eigenvalue weighted by molar-refractivity contribution is -0.111. The van der Waals surface area contributed by atoms with Crippen molar-refractivity contribution in [2.24, 2.45) is 0 Å². The number of sulfone groups is 1. The maximum Gasteiger partial charge on any atom is 0.247 e. The topological polar surface area (TPSA) is 126 Å². The van der Waals surface area contributed by atoms with Gasteiger partial charge < -0.3 is 25.6 Å². The number of aromatic nitrogens is 2. The third kappa shape index (κ3) is 6.49. The molecule has 0 unspecified atom stereocenters. The van der Waals surface area contributed by atoms with Crippen molar-refractivity contribution >= 4 is 61.9 Å². The molecule has 0 bridgehead atoms. The number of morpholine rings is 1. The smallest absolute Gasteiger partial charge is 0.247 e. The van der Waals surface area contributed by atoms with E-state index in [9.17, 15) is 13.2 Å². The molecule has 2 aromatic carbocycles. The number of hydrogen-bond donors (Lipinski definition) is 3. The van der Waals surface area contributed by atoms with Crippen molar-refractivity contribution in [1.82, 2.24) is 9.97 Å². The molecule has 1 amide bonds. The average molecular weight is 571 g/mol. The number of para-hydroxylation sites is 1. The summed E-state index contributed by atoms with van der Waals surface area (Å²) in [6, 6.07) is 10.4. The molecule has 0 saturated carbocycles. The molecule has 39 heavy (non-hydrogen) atoms. The van der Waals surface area contributed by atoms with Crippen molar-refractivity contribution in [2.45, 2.75) is 30.9 Å². The van der Waals surface area contributed by atoms with Gasteiger partial charge in [0.2, 0.25) is 11.9 Å². The fraction of sp³-hybridized carbons (Fsp3) is 0.296. The molecule has 1 fully saturated rings. The largest absolute Gasteiger partial charge is 0.378 e. The second kappa shape index (κ2) is 12.0. The van der Waals surface area contributed by atoms with Crippen LogP contribution in [0, 0.1) is 6.92 Å². The van der Waals surface area contributed by atoms with Gasteiger partial charge in [0.05, 0.1) is 46.6 Å². The number of nitrogens with one attached hydrogen (secondary N) is 3. The predicted molar refractivity (Wildman–Crippen MR) is 155 cm³/mol. The quantitative estimate of drug-likeness (QED) is 0.302. The molecule has 206 valence electrons. The number of carbonyl (C=O) groups excluding carboxylic acids is 1. The number of aryl methyl sites for hydroxylation is 1. The minimum Gasteiger partial charge on any atom is -0.378 e. The Bertz CT molecular complexity index is 1490. The molecular weight excluding hydrogens is 540 g/mol. The predicted octanol–water partition coefficient (Wildman–Crippen LogP) is 5.07. The summed E-state index contributed by atoms with van der Waals surface area (Å²) < 4.78 is 31.2. The van der Waals surface area contributed by atoms with Crippen LogP contribution in [0.25, 0.3) is 0 Å². The number of carbonyl (C=O) groups is 1. The second-order valence-corrected chi connectivity index (χ2v) is 12.1. The van der Waals surface area contributed by atoms with Gasteiger partial charge in [-0.1, -0.05) is 30.3 Å². The van der Waals surface area contributed by atoms with E-state index in [1.807, 2.05) is 19.1 Å². The molecule has 1 aliphatic rings. The van der Waals surface area contributed by atoms with E-state index in [4.69, 9.17) is 16.3 Å². The molecular formula is C27H31ClN6O4S. The Kier molecular flexibility index (Phi) is 8.73. The van der Waals surface area contributed by atoms with Crippen LogP contribution in [0.2, 0.25) is 5.02 Å². The van der Waals surface area contributed by atoms with Gasteiger partial charge in [-0.15, -0.1) is 0 Å². The van der Waals surface area contributed by atoms with Crippen LogP contribution in [-0.2, 0) is 19.4 Å². The van der Waals surface area contributed by atoms with Crippen molar-refractivity contribution in [3.8, 4) is 0 Å². The first-order valence-electron chi connectivity index (χ1n) is 12.4. The van der Waals surface area contributed by atoms with E-state index in [2.05, 4.69) is 37.4 Å². The Morgan fingerprint density at radius 2 is 1.85 bits per heavy atom. The summed E-state index contributed by atoms with van der Waals surface area (Å²) in [5, 5.41) is 8.74.